The molecule has 0 bridgehead atoms. The number of nitrogens with zero attached hydrogens (tertiary/aromatic N) is 4. The standard InChI is InChI=1S/C31H28Cl2N6O2S/c1-4-38(5-2)23-6-8-24(9-7-23)39-36-27-14-19(3)26(18-28(27)37-39)34-31(42)35-30(40)13-11-25-10-12-29(41-25)20-15-21(32)17-22(33)16-20/h6-18H,4-5H2,1-3H3,(H2,34,35,40,42)/b13-11+. The Balaban J connectivity index is 1.22. The monoisotopic (exact) mass is 618 g/mol. The molecular formula is C31H28Cl2N6O2S. The van der Waals surface area contributed by atoms with Crippen LogP contribution in [0.1, 0.15) is 25.2 Å². The summed E-state index contributed by atoms with van der Waals surface area (Å²) in [5.74, 6) is 0.660. The Morgan fingerprint density at radius 1 is 0.976 bits per heavy atom. The summed E-state index contributed by atoms with van der Waals surface area (Å²) in [5, 5.41) is 16.2. The molecule has 0 spiro atoms. The lowest BCUT2D eigenvalue weighted by molar-refractivity contribution is -0.115. The lowest BCUT2D eigenvalue weighted by atomic mass is 10.2. The normalized spacial score (nSPS) is 11.3. The number of fused-ring (bicyclic) bond motifs is 1. The molecule has 5 rings (SSSR count). The highest BCUT2D eigenvalue weighted by Gasteiger charge is 2.12. The number of hydrogen-bond acceptors (Lipinski definition) is 6. The van der Waals surface area contributed by atoms with Gasteiger partial charge in [0.2, 0.25) is 5.91 Å². The van der Waals surface area contributed by atoms with Crippen LogP contribution in [0, 0.1) is 6.92 Å². The minimum absolute atomic E-state index is 0.153. The number of aromatic nitrogens is 3. The van der Waals surface area contributed by atoms with Crippen LogP contribution >= 0.6 is 35.4 Å². The Morgan fingerprint density at radius 2 is 1.64 bits per heavy atom. The van der Waals surface area contributed by atoms with Gasteiger partial charge in [0, 0.05) is 46.1 Å². The second kappa shape index (κ2) is 12.8. The van der Waals surface area contributed by atoms with Crippen molar-refractivity contribution < 1.29 is 9.21 Å². The first kappa shape index (κ1) is 29.3. The minimum Gasteiger partial charge on any atom is -0.457 e. The topological polar surface area (TPSA) is 88.2 Å². The van der Waals surface area contributed by atoms with E-state index in [9.17, 15) is 4.79 Å². The van der Waals surface area contributed by atoms with Gasteiger partial charge in [-0.25, -0.2) is 0 Å². The van der Waals surface area contributed by atoms with Crippen molar-refractivity contribution in [2.24, 2.45) is 0 Å². The molecule has 1 amide bonds. The minimum atomic E-state index is -0.408. The molecule has 11 heteroatoms. The molecule has 0 fully saturated rings. The van der Waals surface area contributed by atoms with Gasteiger partial charge >= 0.3 is 0 Å². The summed E-state index contributed by atoms with van der Waals surface area (Å²) in [6, 6.07) is 20.6. The van der Waals surface area contributed by atoms with E-state index in [4.69, 9.17) is 39.8 Å². The summed E-state index contributed by atoms with van der Waals surface area (Å²) < 4.78 is 5.80. The number of halogens is 2. The van der Waals surface area contributed by atoms with E-state index in [1.54, 1.807) is 41.2 Å². The van der Waals surface area contributed by atoms with Crippen LogP contribution in [0.2, 0.25) is 10.0 Å². The van der Waals surface area contributed by atoms with Gasteiger partial charge in [0.05, 0.1) is 5.69 Å². The van der Waals surface area contributed by atoms with Crippen LogP contribution in [0.4, 0.5) is 11.4 Å². The zero-order valence-electron chi connectivity index (χ0n) is 23.2. The predicted octanol–water partition coefficient (Wildman–Crippen LogP) is 7.67. The van der Waals surface area contributed by atoms with Crippen molar-refractivity contribution >= 4 is 74.9 Å². The van der Waals surface area contributed by atoms with Gasteiger partial charge in [0.1, 0.15) is 22.6 Å². The SMILES string of the molecule is CCN(CC)c1ccc(-n2nc3cc(C)c(NC(=S)NC(=O)/C=C/c4ccc(-c5cc(Cl)cc(Cl)c5)o4)cc3n2)cc1. The van der Waals surface area contributed by atoms with Crippen molar-refractivity contribution in [3.05, 3.63) is 94.2 Å². The van der Waals surface area contributed by atoms with Gasteiger partial charge in [-0.15, -0.1) is 10.2 Å². The van der Waals surface area contributed by atoms with Crippen molar-refractivity contribution in [3.8, 4) is 17.0 Å². The molecule has 2 aromatic heterocycles. The van der Waals surface area contributed by atoms with Crippen LogP contribution in [-0.4, -0.2) is 39.1 Å². The molecule has 2 N–H and O–H groups in total. The van der Waals surface area contributed by atoms with Crippen LogP contribution in [0.25, 0.3) is 34.1 Å². The first-order valence-electron chi connectivity index (χ1n) is 13.3. The largest absolute Gasteiger partial charge is 0.457 e. The first-order valence-corrected chi connectivity index (χ1v) is 14.5. The van der Waals surface area contributed by atoms with Gasteiger partial charge in [0.15, 0.2) is 5.11 Å². The van der Waals surface area contributed by atoms with Gasteiger partial charge in [0.25, 0.3) is 0 Å². The van der Waals surface area contributed by atoms with Crippen LogP contribution < -0.4 is 15.5 Å². The lowest BCUT2D eigenvalue weighted by Crippen LogP contribution is -2.33. The molecule has 0 saturated carbocycles. The average molecular weight is 620 g/mol. The van der Waals surface area contributed by atoms with Crippen LogP contribution in [0.3, 0.4) is 0 Å². The molecule has 2 heterocycles. The summed E-state index contributed by atoms with van der Waals surface area (Å²) in [6.07, 6.45) is 2.90. The molecule has 42 heavy (non-hydrogen) atoms. The van der Waals surface area contributed by atoms with Gasteiger partial charge in [-0.1, -0.05) is 23.2 Å². The maximum absolute atomic E-state index is 12.5. The molecule has 8 nitrogen and oxygen atoms in total. The molecule has 5 aromatic rings. The quantitative estimate of drug-likeness (QED) is 0.136. The summed E-state index contributed by atoms with van der Waals surface area (Å²) in [6.45, 7) is 8.10. The maximum Gasteiger partial charge on any atom is 0.250 e. The Kier molecular flexibility index (Phi) is 8.91. The molecule has 3 aromatic carbocycles. The van der Waals surface area contributed by atoms with E-state index in [1.165, 1.54) is 6.08 Å². The molecule has 0 radical (unpaired) electrons. The molecule has 0 aliphatic carbocycles. The number of furan rings is 1. The van der Waals surface area contributed by atoms with E-state index in [2.05, 4.69) is 51.7 Å². The van der Waals surface area contributed by atoms with Gasteiger partial charge < -0.3 is 14.6 Å². The van der Waals surface area contributed by atoms with Crippen LogP contribution in [0.5, 0.6) is 0 Å². The number of anilines is 2. The fourth-order valence-electron chi connectivity index (χ4n) is 4.46. The first-order chi connectivity index (χ1) is 20.2. The predicted molar refractivity (Wildman–Crippen MR) is 175 cm³/mol. The van der Waals surface area contributed by atoms with Crippen molar-refractivity contribution in [1.29, 1.82) is 0 Å². The van der Waals surface area contributed by atoms with E-state index in [0.29, 0.717) is 27.1 Å². The number of thiocarbonyl (C=S) groups is 1. The number of rotatable bonds is 8. The molecule has 0 atom stereocenters. The van der Waals surface area contributed by atoms with E-state index in [1.807, 2.05) is 31.2 Å². The average Bonchev–Trinajstić information content (AvgIpc) is 3.60. The second-order valence-electron chi connectivity index (χ2n) is 9.47. The Hall–Kier alpha value is -4.18. The Bertz CT molecular complexity index is 1770. The van der Waals surface area contributed by atoms with Crippen molar-refractivity contribution in [1.82, 2.24) is 20.3 Å². The molecule has 0 aliphatic rings. The summed E-state index contributed by atoms with van der Waals surface area (Å²) in [4.78, 5) is 16.4. The summed E-state index contributed by atoms with van der Waals surface area (Å²) in [5.41, 5.74) is 5.83. The molecule has 214 valence electrons. The Morgan fingerprint density at radius 3 is 2.31 bits per heavy atom. The molecule has 0 aliphatic heterocycles. The van der Waals surface area contributed by atoms with Crippen LogP contribution in [0.15, 0.2) is 77.2 Å². The highest BCUT2D eigenvalue weighted by Crippen LogP contribution is 2.29. The molecule has 0 saturated heterocycles. The van der Waals surface area contributed by atoms with Crippen molar-refractivity contribution in [2.75, 3.05) is 23.3 Å². The number of carbonyl (C=O) groups excluding carboxylic acids is 1. The fraction of sp³-hybridized carbons (Fsp3) is 0.161. The summed E-state index contributed by atoms with van der Waals surface area (Å²) in [7, 11) is 0. The Labute approximate surface area is 258 Å². The van der Waals surface area contributed by atoms with Crippen LogP contribution in [-0.2, 0) is 4.79 Å². The van der Waals surface area contributed by atoms with E-state index in [0.717, 1.165) is 46.8 Å². The third-order valence-electron chi connectivity index (χ3n) is 6.59. The highest BCUT2D eigenvalue weighted by atomic mass is 35.5. The van der Waals surface area contributed by atoms with Crippen molar-refractivity contribution in [2.45, 2.75) is 20.8 Å². The highest BCUT2D eigenvalue weighted by molar-refractivity contribution is 7.80. The summed E-state index contributed by atoms with van der Waals surface area (Å²) >= 11 is 17.5. The lowest BCUT2D eigenvalue weighted by Gasteiger charge is -2.20. The third kappa shape index (κ3) is 6.82. The van der Waals surface area contributed by atoms with Crippen molar-refractivity contribution in [3.63, 3.8) is 0 Å². The molecular weight excluding hydrogens is 591 g/mol. The maximum atomic E-state index is 12.5. The van der Waals surface area contributed by atoms with E-state index < -0.39 is 5.91 Å². The second-order valence-corrected chi connectivity index (χ2v) is 10.8. The van der Waals surface area contributed by atoms with E-state index in [-0.39, 0.29) is 5.11 Å². The smallest absolute Gasteiger partial charge is 0.250 e. The molecule has 0 unspecified atom stereocenters. The fourth-order valence-corrected chi connectivity index (χ4v) is 5.20. The number of nitrogens with one attached hydrogen (secondary N) is 2. The number of hydrogen-bond donors (Lipinski definition) is 2. The number of carbonyl (C=O) groups is 1. The zero-order valence-corrected chi connectivity index (χ0v) is 25.5. The van der Waals surface area contributed by atoms with Gasteiger partial charge in [-0.3, -0.25) is 10.1 Å². The number of amides is 1. The number of aryl methyl sites for hydroxylation is 1. The zero-order chi connectivity index (χ0) is 29.8. The van der Waals surface area contributed by atoms with Gasteiger partial charge in [-0.2, -0.15) is 4.80 Å². The van der Waals surface area contributed by atoms with E-state index >= 15 is 0 Å². The number of benzene rings is 3. The third-order valence-corrected chi connectivity index (χ3v) is 7.23. The van der Waals surface area contributed by atoms with Gasteiger partial charge in [-0.05, 0) is 111 Å².